The Morgan fingerprint density at radius 2 is 1.66 bits per heavy atom. The number of hydrogen-bond acceptors (Lipinski definition) is 5. The van der Waals surface area contributed by atoms with Gasteiger partial charge in [0.25, 0.3) is 0 Å². The lowest BCUT2D eigenvalue weighted by molar-refractivity contribution is -0.140. The smallest absolute Gasteiger partial charge is 0.244 e. The Balaban J connectivity index is 2.07. The Morgan fingerprint density at radius 1 is 0.976 bits per heavy atom. The molecule has 0 saturated heterocycles. The minimum atomic E-state index is -3.93. The van der Waals surface area contributed by atoms with Crippen LogP contribution in [0, 0.1) is 0 Å². The first-order valence-electron chi connectivity index (χ1n) is 13.1. The van der Waals surface area contributed by atoms with E-state index in [1.807, 2.05) is 44.2 Å². The first kappa shape index (κ1) is 32.2. The van der Waals surface area contributed by atoms with Gasteiger partial charge in [-0.3, -0.25) is 13.9 Å². The predicted molar refractivity (Wildman–Crippen MR) is 164 cm³/mol. The fraction of sp³-hybridized carbons (Fsp3) is 0.333. The lowest BCUT2D eigenvalue weighted by Gasteiger charge is -2.34. The Kier molecular flexibility index (Phi) is 11.5. The number of ether oxygens (including phenoxy) is 1. The number of nitrogens with zero attached hydrogens (tertiary/aromatic N) is 2. The van der Waals surface area contributed by atoms with Crippen LogP contribution >= 0.6 is 23.2 Å². The summed E-state index contributed by atoms with van der Waals surface area (Å²) in [5.74, 6) is -0.540. The first-order valence-corrected chi connectivity index (χ1v) is 15.7. The molecule has 0 heterocycles. The van der Waals surface area contributed by atoms with Gasteiger partial charge in [0.05, 0.1) is 24.1 Å². The van der Waals surface area contributed by atoms with Gasteiger partial charge in [0.2, 0.25) is 21.8 Å². The van der Waals surface area contributed by atoms with Gasteiger partial charge in [-0.15, -0.1) is 0 Å². The minimum Gasteiger partial charge on any atom is -0.495 e. The summed E-state index contributed by atoms with van der Waals surface area (Å²) in [6.07, 6.45) is 1.94. The van der Waals surface area contributed by atoms with Crippen LogP contribution in [0.4, 0.5) is 5.69 Å². The van der Waals surface area contributed by atoms with Gasteiger partial charge >= 0.3 is 0 Å². The van der Waals surface area contributed by atoms with Crippen LogP contribution in [0.25, 0.3) is 0 Å². The molecule has 0 unspecified atom stereocenters. The summed E-state index contributed by atoms with van der Waals surface area (Å²) in [5.41, 5.74) is 1.74. The molecule has 0 bridgehead atoms. The van der Waals surface area contributed by atoms with E-state index in [-0.39, 0.29) is 35.6 Å². The van der Waals surface area contributed by atoms with Crippen molar-refractivity contribution < 1.29 is 22.7 Å². The van der Waals surface area contributed by atoms with Gasteiger partial charge in [-0.25, -0.2) is 8.42 Å². The van der Waals surface area contributed by atoms with Gasteiger partial charge < -0.3 is 15.0 Å². The third-order valence-corrected chi connectivity index (χ3v) is 8.29. The van der Waals surface area contributed by atoms with E-state index in [1.54, 1.807) is 24.3 Å². The minimum absolute atomic E-state index is 0.0335. The highest BCUT2D eigenvalue weighted by Gasteiger charge is 2.33. The molecule has 0 aromatic heterocycles. The third kappa shape index (κ3) is 9.11. The molecule has 2 atom stereocenters. The molecule has 41 heavy (non-hydrogen) atoms. The molecular formula is C30H35Cl2N3O5S. The Bertz CT molecular complexity index is 1450. The van der Waals surface area contributed by atoms with Gasteiger partial charge in [0, 0.05) is 24.0 Å². The van der Waals surface area contributed by atoms with E-state index < -0.39 is 28.5 Å². The van der Waals surface area contributed by atoms with Crippen molar-refractivity contribution in [3.63, 3.8) is 0 Å². The van der Waals surface area contributed by atoms with Gasteiger partial charge in [-0.05, 0) is 54.8 Å². The highest BCUT2D eigenvalue weighted by atomic mass is 35.5. The van der Waals surface area contributed by atoms with E-state index in [1.165, 1.54) is 30.2 Å². The molecule has 1 N–H and O–H groups in total. The second-order valence-electron chi connectivity index (χ2n) is 9.76. The van der Waals surface area contributed by atoms with Crippen LogP contribution in [0.2, 0.25) is 10.0 Å². The van der Waals surface area contributed by atoms with Crippen LogP contribution in [0.5, 0.6) is 5.75 Å². The maximum Gasteiger partial charge on any atom is 0.244 e. The fourth-order valence-corrected chi connectivity index (χ4v) is 5.56. The van der Waals surface area contributed by atoms with Crippen molar-refractivity contribution in [2.75, 3.05) is 24.2 Å². The second kappa shape index (κ2) is 14.6. The van der Waals surface area contributed by atoms with Crippen molar-refractivity contribution >= 4 is 50.7 Å². The molecular weight excluding hydrogens is 585 g/mol. The molecule has 3 aromatic rings. The van der Waals surface area contributed by atoms with Crippen molar-refractivity contribution in [1.82, 2.24) is 10.2 Å². The van der Waals surface area contributed by atoms with Crippen LogP contribution < -0.4 is 14.4 Å². The molecule has 0 fully saturated rings. The summed E-state index contributed by atoms with van der Waals surface area (Å²) in [5, 5.41) is 3.66. The normalized spacial score (nSPS) is 12.7. The molecule has 0 radical (unpaired) electrons. The Hall–Kier alpha value is -3.27. The average Bonchev–Trinajstić information content (AvgIpc) is 2.93. The number of methoxy groups -OCH3 is 1. The summed E-state index contributed by atoms with van der Waals surface area (Å²) >= 11 is 12.5. The van der Waals surface area contributed by atoms with E-state index in [9.17, 15) is 18.0 Å². The summed E-state index contributed by atoms with van der Waals surface area (Å²) in [4.78, 5) is 29.2. The zero-order chi connectivity index (χ0) is 30.2. The maximum atomic E-state index is 14.1. The number of hydrogen-bond donors (Lipinski definition) is 1. The number of carbonyl (C=O) groups excluding carboxylic acids is 2. The highest BCUT2D eigenvalue weighted by molar-refractivity contribution is 7.92. The fourth-order valence-electron chi connectivity index (χ4n) is 4.25. The van der Waals surface area contributed by atoms with Crippen LogP contribution in [0.1, 0.15) is 31.4 Å². The second-order valence-corrected chi connectivity index (χ2v) is 12.5. The topological polar surface area (TPSA) is 96.0 Å². The number of halogens is 2. The van der Waals surface area contributed by atoms with Gasteiger partial charge in [-0.1, -0.05) is 72.6 Å². The van der Waals surface area contributed by atoms with Crippen LogP contribution in [-0.4, -0.2) is 57.1 Å². The number of amides is 2. The molecule has 2 amide bonds. The molecule has 3 rings (SSSR count). The molecule has 0 aliphatic carbocycles. The quantitative estimate of drug-likeness (QED) is 0.279. The van der Waals surface area contributed by atoms with Crippen molar-refractivity contribution in [1.29, 1.82) is 0 Å². The molecule has 8 nitrogen and oxygen atoms in total. The van der Waals surface area contributed by atoms with E-state index >= 15 is 0 Å². The van der Waals surface area contributed by atoms with E-state index in [2.05, 4.69) is 5.32 Å². The van der Waals surface area contributed by atoms with Gasteiger partial charge in [0.15, 0.2) is 0 Å². The first-order chi connectivity index (χ1) is 19.4. The van der Waals surface area contributed by atoms with E-state index in [0.717, 1.165) is 16.1 Å². The number of anilines is 1. The summed E-state index contributed by atoms with van der Waals surface area (Å²) in [7, 11) is -2.48. The van der Waals surface area contributed by atoms with Crippen molar-refractivity contribution in [3.05, 3.63) is 94.0 Å². The van der Waals surface area contributed by atoms with E-state index in [4.69, 9.17) is 27.9 Å². The summed E-state index contributed by atoms with van der Waals surface area (Å²) in [6.45, 7) is 3.32. The molecule has 0 saturated carbocycles. The molecule has 0 spiro atoms. The molecule has 11 heteroatoms. The monoisotopic (exact) mass is 619 g/mol. The number of sulfonamides is 1. The van der Waals surface area contributed by atoms with Crippen molar-refractivity contribution in [2.24, 2.45) is 0 Å². The number of rotatable bonds is 13. The standard InChI is InChI=1S/C30H35Cl2N3O5S/c1-5-21(2)33-30(37)27(17-22-10-7-6-8-11-22)34(19-23-12-9-13-24(31)16-23)29(36)20-35(41(4,38)39)25-14-15-28(40-3)26(32)18-25/h6-16,18,21,27H,5,17,19-20H2,1-4H3,(H,33,37)/t21-,27-/m0/s1. The lowest BCUT2D eigenvalue weighted by atomic mass is 10.0. The van der Waals surface area contributed by atoms with Crippen LogP contribution in [0.3, 0.4) is 0 Å². The third-order valence-electron chi connectivity index (χ3n) is 6.62. The zero-order valence-corrected chi connectivity index (χ0v) is 25.8. The van der Waals surface area contributed by atoms with Crippen molar-refractivity contribution in [2.45, 2.75) is 45.3 Å². The molecule has 0 aliphatic rings. The summed E-state index contributed by atoms with van der Waals surface area (Å²) in [6, 6.07) is 19.8. The summed E-state index contributed by atoms with van der Waals surface area (Å²) < 4.78 is 32.0. The molecule has 220 valence electrons. The van der Waals surface area contributed by atoms with Gasteiger partial charge in [0.1, 0.15) is 18.3 Å². The van der Waals surface area contributed by atoms with E-state index in [0.29, 0.717) is 22.8 Å². The number of benzene rings is 3. The largest absolute Gasteiger partial charge is 0.495 e. The number of carbonyl (C=O) groups is 2. The molecule has 0 aliphatic heterocycles. The Morgan fingerprint density at radius 3 is 2.24 bits per heavy atom. The van der Waals surface area contributed by atoms with Crippen LogP contribution in [-0.2, 0) is 32.6 Å². The predicted octanol–water partition coefficient (Wildman–Crippen LogP) is 5.32. The average molecular weight is 621 g/mol. The maximum absolute atomic E-state index is 14.1. The SMILES string of the molecule is CC[C@H](C)NC(=O)[C@H](Cc1ccccc1)N(Cc1cccc(Cl)c1)C(=O)CN(c1ccc(OC)c(Cl)c1)S(C)(=O)=O. The zero-order valence-electron chi connectivity index (χ0n) is 23.5. The molecule has 3 aromatic carbocycles. The Labute approximate surface area is 252 Å². The highest BCUT2D eigenvalue weighted by Crippen LogP contribution is 2.30. The number of nitrogens with one attached hydrogen (secondary N) is 1. The lowest BCUT2D eigenvalue weighted by Crippen LogP contribution is -2.54. The van der Waals surface area contributed by atoms with Crippen molar-refractivity contribution in [3.8, 4) is 5.75 Å². The van der Waals surface area contributed by atoms with Crippen LogP contribution in [0.15, 0.2) is 72.8 Å². The van der Waals surface area contributed by atoms with Gasteiger partial charge in [-0.2, -0.15) is 0 Å².